The SMILES string of the molecule is CC1CCCC(NC(=O)c2ccc(Cl)c(Br)c2)C1C. The summed E-state index contributed by atoms with van der Waals surface area (Å²) in [5.74, 6) is 1.20. The Morgan fingerprint density at radius 1 is 1.37 bits per heavy atom. The molecular formula is C15H19BrClNO. The highest BCUT2D eigenvalue weighted by Crippen LogP contribution is 2.30. The van der Waals surface area contributed by atoms with E-state index in [0.717, 1.165) is 10.9 Å². The fourth-order valence-corrected chi connectivity index (χ4v) is 3.17. The number of carbonyl (C=O) groups excluding carboxylic acids is 1. The van der Waals surface area contributed by atoms with Crippen LogP contribution < -0.4 is 5.32 Å². The molecule has 104 valence electrons. The first-order chi connectivity index (χ1) is 8.99. The summed E-state index contributed by atoms with van der Waals surface area (Å²) in [6.07, 6.45) is 3.53. The van der Waals surface area contributed by atoms with Crippen molar-refractivity contribution in [3.8, 4) is 0 Å². The highest BCUT2D eigenvalue weighted by atomic mass is 79.9. The van der Waals surface area contributed by atoms with Gasteiger partial charge in [-0.15, -0.1) is 0 Å². The lowest BCUT2D eigenvalue weighted by molar-refractivity contribution is 0.0891. The van der Waals surface area contributed by atoms with Crippen molar-refractivity contribution in [1.29, 1.82) is 0 Å². The highest BCUT2D eigenvalue weighted by molar-refractivity contribution is 9.10. The van der Waals surface area contributed by atoms with Crippen molar-refractivity contribution in [2.45, 2.75) is 39.2 Å². The molecule has 0 saturated heterocycles. The van der Waals surface area contributed by atoms with Crippen molar-refractivity contribution >= 4 is 33.4 Å². The Labute approximate surface area is 128 Å². The van der Waals surface area contributed by atoms with Crippen LogP contribution in [0.3, 0.4) is 0 Å². The highest BCUT2D eigenvalue weighted by Gasteiger charge is 2.28. The predicted octanol–water partition coefficient (Wildman–Crippen LogP) is 4.66. The summed E-state index contributed by atoms with van der Waals surface area (Å²) < 4.78 is 0.756. The summed E-state index contributed by atoms with van der Waals surface area (Å²) in [6.45, 7) is 4.49. The molecule has 3 unspecified atom stereocenters. The van der Waals surface area contributed by atoms with E-state index in [-0.39, 0.29) is 11.9 Å². The van der Waals surface area contributed by atoms with E-state index in [1.165, 1.54) is 12.8 Å². The second-order valence-electron chi connectivity index (χ2n) is 5.48. The van der Waals surface area contributed by atoms with Gasteiger partial charge in [-0.25, -0.2) is 0 Å². The van der Waals surface area contributed by atoms with Gasteiger partial charge in [-0.2, -0.15) is 0 Å². The molecule has 19 heavy (non-hydrogen) atoms. The van der Waals surface area contributed by atoms with Crippen molar-refractivity contribution in [3.63, 3.8) is 0 Å². The Balaban J connectivity index is 2.06. The molecule has 1 fully saturated rings. The van der Waals surface area contributed by atoms with Gasteiger partial charge >= 0.3 is 0 Å². The summed E-state index contributed by atoms with van der Waals surface area (Å²) in [6, 6.07) is 5.56. The van der Waals surface area contributed by atoms with E-state index in [4.69, 9.17) is 11.6 Å². The van der Waals surface area contributed by atoms with Crippen molar-refractivity contribution in [1.82, 2.24) is 5.32 Å². The zero-order valence-electron chi connectivity index (χ0n) is 11.2. The summed E-state index contributed by atoms with van der Waals surface area (Å²) in [4.78, 5) is 12.3. The largest absolute Gasteiger partial charge is 0.349 e. The number of hydrogen-bond donors (Lipinski definition) is 1. The standard InChI is InChI=1S/C15H19BrClNO/c1-9-4-3-5-14(10(9)2)18-15(19)11-6-7-13(17)12(16)8-11/h6-10,14H,3-5H2,1-2H3,(H,18,19). The number of carbonyl (C=O) groups is 1. The molecule has 4 heteroatoms. The first-order valence-corrected chi connectivity index (χ1v) is 7.92. The van der Waals surface area contributed by atoms with E-state index >= 15 is 0 Å². The number of hydrogen-bond acceptors (Lipinski definition) is 1. The van der Waals surface area contributed by atoms with E-state index in [2.05, 4.69) is 35.1 Å². The predicted molar refractivity (Wildman–Crippen MR) is 82.6 cm³/mol. The van der Waals surface area contributed by atoms with E-state index in [1.807, 2.05) is 0 Å². The minimum Gasteiger partial charge on any atom is -0.349 e. The minimum absolute atomic E-state index is 0.0108. The third-order valence-electron chi connectivity index (χ3n) is 4.21. The molecule has 3 atom stereocenters. The van der Waals surface area contributed by atoms with Gasteiger partial charge in [-0.1, -0.05) is 38.3 Å². The van der Waals surface area contributed by atoms with Crippen LogP contribution in [0.15, 0.2) is 22.7 Å². The molecule has 0 aromatic heterocycles. The normalized spacial score (nSPS) is 27.1. The van der Waals surface area contributed by atoms with E-state index < -0.39 is 0 Å². The topological polar surface area (TPSA) is 29.1 Å². The van der Waals surface area contributed by atoms with Crippen LogP contribution in [0.4, 0.5) is 0 Å². The number of halogens is 2. The molecule has 1 aliphatic carbocycles. The molecule has 2 nitrogen and oxygen atoms in total. The molecule has 0 radical (unpaired) electrons. The van der Waals surface area contributed by atoms with Crippen molar-refractivity contribution in [2.75, 3.05) is 0 Å². The van der Waals surface area contributed by atoms with Crippen LogP contribution >= 0.6 is 27.5 Å². The van der Waals surface area contributed by atoms with Gasteiger partial charge in [-0.3, -0.25) is 4.79 Å². The molecule has 0 spiro atoms. The molecule has 2 rings (SSSR count). The first-order valence-electron chi connectivity index (χ1n) is 6.75. The van der Waals surface area contributed by atoms with Gasteiger partial charge < -0.3 is 5.32 Å². The zero-order valence-corrected chi connectivity index (χ0v) is 13.6. The third kappa shape index (κ3) is 3.51. The molecule has 1 aromatic carbocycles. The van der Waals surface area contributed by atoms with E-state index in [0.29, 0.717) is 22.4 Å². The zero-order chi connectivity index (χ0) is 14.0. The molecule has 1 aromatic rings. The van der Waals surface area contributed by atoms with Gasteiger partial charge in [0.2, 0.25) is 0 Å². The Morgan fingerprint density at radius 2 is 2.11 bits per heavy atom. The van der Waals surface area contributed by atoms with Gasteiger partial charge in [0.15, 0.2) is 0 Å². The van der Waals surface area contributed by atoms with Crippen LogP contribution in [0.5, 0.6) is 0 Å². The molecule has 1 amide bonds. The molecular weight excluding hydrogens is 326 g/mol. The Hall–Kier alpha value is -0.540. The molecule has 0 bridgehead atoms. The number of nitrogens with one attached hydrogen (secondary N) is 1. The maximum Gasteiger partial charge on any atom is 0.251 e. The van der Waals surface area contributed by atoms with Crippen molar-refractivity contribution < 1.29 is 4.79 Å². The summed E-state index contributed by atoms with van der Waals surface area (Å²) in [5.41, 5.74) is 0.654. The Bertz CT molecular complexity index is 477. The molecule has 1 aliphatic rings. The fraction of sp³-hybridized carbons (Fsp3) is 0.533. The first kappa shape index (κ1) is 14.9. The van der Waals surface area contributed by atoms with Crippen LogP contribution in [-0.2, 0) is 0 Å². The minimum atomic E-state index is -0.0108. The van der Waals surface area contributed by atoms with Gasteiger partial charge in [-0.05, 0) is 52.4 Å². The van der Waals surface area contributed by atoms with Crippen LogP contribution in [-0.4, -0.2) is 11.9 Å². The van der Waals surface area contributed by atoms with Gasteiger partial charge in [0.05, 0.1) is 5.02 Å². The monoisotopic (exact) mass is 343 g/mol. The lowest BCUT2D eigenvalue weighted by Crippen LogP contribution is -2.43. The quantitative estimate of drug-likeness (QED) is 0.831. The fourth-order valence-electron chi connectivity index (χ4n) is 2.67. The van der Waals surface area contributed by atoms with E-state index in [1.54, 1.807) is 18.2 Å². The average Bonchev–Trinajstić information content (AvgIpc) is 2.38. The third-order valence-corrected chi connectivity index (χ3v) is 5.42. The molecule has 0 aliphatic heterocycles. The van der Waals surface area contributed by atoms with E-state index in [9.17, 15) is 4.79 Å². The lowest BCUT2D eigenvalue weighted by atomic mass is 9.78. The van der Waals surface area contributed by atoms with Crippen molar-refractivity contribution in [3.05, 3.63) is 33.3 Å². The van der Waals surface area contributed by atoms with Crippen molar-refractivity contribution in [2.24, 2.45) is 11.8 Å². The average molecular weight is 345 g/mol. The maximum absolute atomic E-state index is 12.3. The van der Waals surface area contributed by atoms with Crippen LogP contribution in [0.1, 0.15) is 43.5 Å². The summed E-state index contributed by atoms with van der Waals surface area (Å²) >= 11 is 9.29. The molecule has 1 saturated carbocycles. The molecule has 0 heterocycles. The summed E-state index contributed by atoms with van der Waals surface area (Å²) in [5, 5.41) is 3.78. The van der Waals surface area contributed by atoms with Gasteiger partial charge in [0, 0.05) is 16.1 Å². The number of amides is 1. The Kier molecular flexibility index (Phi) is 4.91. The molecule has 1 N–H and O–H groups in total. The number of benzene rings is 1. The summed E-state index contributed by atoms with van der Waals surface area (Å²) in [7, 11) is 0. The van der Waals surface area contributed by atoms with Gasteiger partial charge in [0.25, 0.3) is 5.91 Å². The van der Waals surface area contributed by atoms with Crippen LogP contribution in [0.25, 0.3) is 0 Å². The second kappa shape index (κ2) is 6.27. The van der Waals surface area contributed by atoms with Gasteiger partial charge in [0.1, 0.15) is 0 Å². The lowest BCUT2D eigenvalue weighted by Gasteiger charge is -2.34. The smallest absolute Gasteiger partial charge is 0.251 e. The van der Waals surface area contributed by atoms with Crippen LogP contribution in [0, 0.1) is 11.8 Å². The Morgan fingerprint density at radius 3 is 2.79 bits per heavy atom. The number of rotatable bonds is 2. The second-order valence-corrected chi connectivity index (χ2v) is 6.74. The van der Waals surface area contributed by atoms with Crippen LogP contribution in [0.2, 0.25) is 5.02 Å². The maximum atomic E-state index is 12.3.